The van der Waals surface area contributed by atoms with Gasteiger partial charge in [0.05, 0.1) is 18.1 Å². The highest BCUT2D eigenvalue weighted by Gasteiger charge is 2.18. The van der Waals surface area contributed by atoms with E-state index in [1.54, 1.807) is 24.8 Å². The maximum Gasteiger partial charge on any atom is 0.141 e. The van der Waals surface area contributed by atoms with Crippen molar-refractivity contribution in [3.8, 4) is 11.1 Å². The van der Waals surface area contributed by atoms with Crippen LogP contribution >= 0.6 is 11.3 Å². The van der Waals surface area contributed by atoms with Crippen LogP contribution in [0.15, 0.2) is 29.9 Å². The number of hydrogen-bond donors (Lipinski definition) is 1. The Morgan fingerprint density at radius 3 is 2.76 bits per heavy atom. The van der Waals surface area contributed by atoms with Gasteiger partial charge in [0.15, 0.2) is 0 Å². The van der Waals surface area contributed by atoms with Crippen molar-refractivity contribution in [1.29, 1.82) is 0 Å². The van der Waals surface area contributed by atoms with Crippen LogP contribution in [0.25, 0.3) is 21.3 Å². The largest absolute Gasteiger partial charge is 0.389 e. The number of hydrogen-bond acceptors (Lipinski definition) is 6. The van der Waals surface area contributed by atoms with E-state index < -0.39 is 6.10 Å². The van der Waals surface area contributed by atoms with E-state index >= 15 is 0 Å². The Balaban J connectivity index is 2.05. The smallest absolute Gasteiger partial charge is 0.141 e. The molecule has 132 valence electrons. The van der Waals surface area contributed by atoms with Gasteiger partial charge in [0, 0.05) is 31.6 Å². The van der Waals surface area contributed by atoms with E-state index in [1.165, 1.54) is 11.1 Å². The molecule has 0 aliphatic heterocycles. The minimum Gasteiger partial charge on any atom is -0.389 e. The lowest BCUT2D eigenvalue weighted by atomic mass is 10.0. The third-order valence-electron chi connectivity index (χ3n) is 4.37. The number of nitrogens with zero attached hydrogens (tertiary/aromatic N) is 3. The van der Waals surface area contributed by atoms with Gasteiger partial charge in [-0.15, -0.1) is 11.3 Å². The van der Waals surface area contributed by atoms with Gasteiger partial charge in [0.1, 0.15) is 17.0 Å². The molecular formula is C19H23N3O2S. The molecule has 0 aliphatic carbocycles. The van der Waals surface area contributed by atoms with E-state index in [9.17, 15) is 5.11 Å². The molecule has 1 N–H and O–H groups in total. The van der Waals surface area contributed by atoms with Crippen LogP contribution in [0.3, 0.4) is 0 Å². The number of fused-ring (bicyclic) bond motifs is 1. The average Bonchev–Trinajstić information content (AvgIpc) is 3.01. The zero-order valence-corrected chi connectivity index (χ0v) is 15.8. The summed E-state index contributed by atoms with van der Waals surface area (Å²) in [6.45, 7) is 4.98. The molecule has 3 aromatic rings. The highest BCUT2D eigenvalue weighted by molar-refractivity contribution is 7.17. The summed E-state index contributed by atoms with van der Waals surface area (Å²) in [5.74, 6) is 0.828. The second kappa shape index (κ2) is 7.47. The summed E-state index contributed by atoms with van der Waals surface area (Å²) in [5, 5.41) is 13.2. The van der Waals surface area contributed by atoms with Gasteiger partial charge in [0.25, 0.3) is 0 Å². The van der Waals surface area contributed by atoms with E-state index in [1.807, 2.05) is 11.9 Å². The lowest BCUT2D eigenvalue weighted by Gasteiger charge is -2.22. The van der Waals surface area contributed by atoms with Gasteiger partial charge >= 0.3 is 0 Å². The SMILES string of the molecule is COCC(O)CN(C)c1ncnc2scc(-c3ccc(C)c(C)c3)c12. The standard InChI is InChI=1S/C19H23N3O2S/c1-12-5-6-14(7-13(12)2)16-10-25-19-17(16)18(20-11-21-19)22(3)8-15(23)9-24-4/h5-7,10-11,15,23H,8-9H2,1-4H3. The summed E-state index contributed by atoms with van der Waals surface area (Å²) in [4.78, 5) is 11.8. The first-order valence-corrected chi connectivity index (χ1v) is 9.07. The number of thiophene rings is 1. The normalized spacial score (nSPS) is 12.5. The van der Waals surface area contributed by atoms with E-state index in [2.05, 4.69) is 47.4 Å². The second-order valence-corrected chi connectivity index (χ2v) is 7.17. The van der Waals surface area contributed by atoms with Crippen molar-refractivity contribution in [2.75, 3.05) is 32.2 Å². The number of aryl methyl sites for hydroxylation is 2. The Labute approximate surface area is 151 Å². The Morgan fingerprint density at radius 2 is 2.04 bits per heavy atom. The van der Waals surface area contributed by atoms with Crippen LogP contribution in [0.1, 0.15) is 11.1 Å². The summed E-state index contributed by atoms with van der Waals surface area (Å²) in [5.41, 5.74) is 4.83. The molecule has 1 aromatic carbocycles. The summed E-state index contributed by atoms with van der Waals surface area (Å²) in [6.07, 6.45) is 1.01. The number of aliphatic hydroxyl groups excluding tert-OH is 1. The lowest BCUT2D eigenvalue weighted by molar-refractivity contribution is 0.0694. The first kappa shape index (κ1) is 17.8. The van der Waals surface area contributed by atoms with Gasteiger partial charge in [-0.1, -0.05) is 18.2 Å². The average molecular weight is 357 g/mol. The number of aliphatic hydroxyl groups is 1. The molecule has 1 unspecified atom stereocenters. The van der Waals surface area contributed by atoms with Gasteiger partial charge in [-0.2, -0.15) is 0 Å². The highest BCUT2D eigenvalue weighted by Crippen LogP contribution is 2.38. The third-order valence-corrected chi connectivity index (χ3v) is 5.26. The van der Waals surface area contributed by atoms with Crippen molar-refractivity contribution >= 4 is 27.4 Å². The van der Waals surface area contributed by atoms with Gasteiger partial charge in [0.2, 0.25) is 0 Å². The van der Waals surface area contributed by atoms with E-state index in [0.29, 0.717) is 13.2 Å². The molecule has 0 spiro atoms. The Kier molecular flexibility index (Phi) is 5.32. The first-order chi connectivity index (χ1) is 12.0. The Hall–Kier alpha value is -2.02. The molecule has 2 heterocycles. The van der Waals surface area contributed by atoms with Gasteiger partial charge in [-0.05, 0) is 30.5 Å². The Morgan fingerprint density at radius 1 is 1.24 bits per heavy atom. The van der Waals surface area contributed by atoms with Crippen LogP contribution < -0.4 is 4.90 Å². The van der Waals surface area contributed by atoms with Crippen LogP contribution in [0, 0.1) is 13.8 Å². The molecule has 3 rings (SSSR count). The van der Waals surface area contributed by atoms with Crippen molar-refractivity contribution in [2.45, 2.75) is 20.0 Å². The van der Waals surface area contributed by atoms with Crippen molar-refractivity contribution in [1.82, 2.24) is 9.97 Å². The number of aromatic nitrogens is 2. The molecule has 25 heavy (non-hydrogen) atoms. The molecule has 2 aromatic heterocycles. The summed E-state index contributed by atoms with van der Waals surface area (Å²) >= 11 is 1.61. The van der Waals surface area contributed by atoms with Crippen LogP contribution in [-0.4, -0.2) is 48.5 Å². The molecule has 0 aliphatic rings. The number of rotatable bonds is 6. The van der Waals surface area contributed by atoms with E-state index in [0.717, 1.165) is 27.2 Å². The van der Waals surface area contributed by atoms with Crippen molar-refractivity contribution < 1.29 is 9.84 Å². The predicted molar refractivity (Wildman–Crippen MR) is 103 cm³/mol. The number of anilines is 1. The topological polar surface area (TPSA) is 58.5 Å². The van der Waals surface area contributed by atoms with Crippen LogP contribution in [0.5, 0.6) is 0 Å². The second-order valence-electron chi connectivity index (χ2n) is 6.32. The molecule has 0 radical (unpaired) electrons. The van der Waals surface area contributed by atoms with Gasteiger partial charge < -0.3 is 14.7 Å². The zero-order chi connectivity index (χ0) is 18.0. The minimum absolute atomic E-state index is 0.298. The molecule has 0 saturated carbocycles. The third kappa shape index (κ3) is 3.66. The monoisotopic (exact) mass is 357 g/mol. The fourth-order valence-electron chi connectivity index (χ4n) is 2.92. The molecule has 0 bridgehead atoms. The molecule has 0 fully saturated rings. The quantitative estimate of drug-likeness (QED) is 0.732. The zero-order valence-electron chi connectivity index (χ0n) is 15.0. The van der Waals surface area contributed by atoms with Crippen molar-refractivity contribution in [3.05, 3.63) is 41.0 Å². The van der Waals surface area contributed by atoms with Gasteiger partial charge in [-0.25, -0.2) is 9.97 Å². The molecule has 5 nitrogen and oxygen atoms in total. The molecule has 0 saturated heterocycles. The van der Waals surface area contributed by atoms with Crippen LogP contribution in [0.4, 0.5) is 5.82 Å². The fraction of sp³-hybridized carbons (Fsp3) is 0.368. The van der Waals surface area contributed by atoms with E-state index in [4.69, 9.17) is 4.74 Å². The first-order valence-electron chi connectivity index (χ1n) is 8.19. The van der Waals surface area contributed by atoms with Crippen LogP contribution in [-0.2, 0) is 4.74 Å². The minimum atomic E-state index is -0.566. The Bertz CT molecular complexity index is 878. The molecule has 6 heteroatoms. The predicted octanol–water partition coefficient (Wildman–Crippen LogP) is 3.42. The van der Waals surface area contributed by atoms with Crippen molar-refractivity contribution in [2.24, 2.45) is 0 Å². The number of ether oxygens (including phenoxy) is 1. The van der Waals surface area contributed by atoms with E-state index in [-0.39, 0.29) is 0 Å². The lowest BCUT2D eigenvalue weighted by Crippen LogP contribution is -2.32. The molecule has 0 amide bonds. The number of benzene rings is 1. The number of likely N-dealkylation sites (N-methyl/N-ethyl adjacent to an activating group) is 1. The van der Waals surface area contributed by atoms with Crippen LogP contribution in [0.2, 0.25) is 0 Å². The summed E-state index contributed by atoms with van der Waals surface area (Å²) < 4.78 is 5.02. The maximum atomic E-state index is 10.0. The van der Waals surface area contributed by atoms with Gasteiger partial charge in [-0.3, -0.25) is 0 Å². The molecule has 1 atom stereocenters. The fourth-order valence-corrected chi connectivity index (χ4v) is 3.83. The van der Waals surface area contributed by atoms with Crippen molar-refractivity contribution in [3.63, 3.8) is 0 Å². The summed E-state index contributed by atoms with van der Waals surface area (Å²) in [7, 11) is 3.52. The highest BCUT2D eigenvalue weighted by atomic mass is 32.1. The number of methoxy groups -OCH3 is 1. The summed E-state index contributed by atoms with van der Waals surface area (Å²) in [6, 6.07) is 6.48. The molecular weight excluding hydrogens is 334 g/mol. The maximum absolute atomic E-state index is 10.0.